The van der Waals surface area contributed by atoms with Gasteiger partial charge in [0, 0.05) is 11.3 Å². The van der Waals surface area contributed by atoms with Gasteiger partial charge in [-0.2, -0.15) is 24.9 Å². The third-order valence-corrected chi connectivity index (χ3v) is 5.55. The van der Waals surface area contributed by atoms with Crippen LogP contribution in [0.1, 0.15) is 30.9 Å². The number of hydrogen-bond acceptors (Lipinski definition) is 2. The molecule has 1 fully saturated rings. The fourth-order valence-electron chi connectivity index (χ4n) is 3.11. The largest absolute Gasteiger partial charge is 0.416 e. The number of hydrogen-bond donors (Lipinski definition) is 1. The molecule has 1 aromatic heterocycles. The van der Waals surface area contributed by atoms with Crippen LogP contribution in [0.4, 0.5) is 13.2 Å². The molecule has 21 heavy (non-hydrogen) atoms. The van der Waals surface area contributed by atoms with Crippen molar-refractivity contribution in [3.63, 3.8) is 0 Å². The quantitative estimate of drug-likeness (QED) is 0.765. The molecular formula is C14H15F3N2S2. The number of aromatic amines is 1. The highest BCUT2D eigenvalue weighted by atomic mass is 32.2. The minimum Gasteiger partial charge on any atom is -0.331 e. The number of benzene rings is 1. The van der Waals surface area contributed by atoms with Crippen LogP contribution in [0, 0.1) is 4.77 Å². The zero-order chi connectivity index (χ0) is 15.2. The van der Waals surface area contributed by atoms with Crippen molar-refractivity contribution in [2.24, 2.45) is 0 Å². The Morgan fingerprint density at radius 1 is 1.33 bits per heavy atom. The highest BCUT2D eigenvalue weighted by Gasteiger charge is 2.32. The monoisotopic (exact) mass is 332 g/mol. The van der Waals surface area contributed by atoms with E-state index in [9.17, 15) is 13.2 Å². The van der Waals surface area contributed by atoms with E-state index in [-0.39, 0.29) is 6.04 Å². The van der Waals surface area contributed by atoms with Crippen molar-refractivity contribution in [3.8, 4) is 0 Å². The van der Waals surface area contributed by atoms with E-state index in [2.05, 4.69) is 11.2 Å². The second kappa shape index (κ2) is 5.35. The summed E-state index contributed by atoms with van der Waals surface area (Å²) in [4.78, 5) is 2.93. The molecule has 2 nitrogen and oxygen atoms in total. The molecule has 2 atom stereocenters. The number of aromatic nitrogens is 2. The average Bonchev–Trinajstić information content (AvgIpc) is 2.98. The van der Waals surface area contributed by atoms with Crippen molar-refractivity contribution in [1.29, 1.82) is 0 Å². The van der Waals surface area contributed by atoms with Crippen LogP contribution in [0.25, 0.3) is 11.0 Å². The number of nitrogens with zero attached hydrogens (tertiary/aromatic N) is 1. The second-order valence-electron chi connectivity index (χ2n) is 5.30. The van der Waals surface area contributed by atoms with Gasteiger partial charge >= 0.3 is 6.18 Å². The molecule has 1 aliphatic carbocycles. The van der Waals surface area contributed by atoms with E-state index in [4.69, 9.17) is 12.2 Å². The van der Waals surface area contributed by atoms with Crippen LogP contribution in [-0.4, -0.2) is 21.1 Å². The van der Waals surface area contributed by atoms with E-state index in [0.29, 0.717) is 15.5 Å². The van der Waals surface area contributed by atoms with Gasteiger partial charge in [0.05, 0.1) is 16.6 Å². The second-order valence-corrected chi connectivity index (χ2v) is 6.77. The minimum atomic E-state index is -4.33. The maximum Gasteiger partial charge on any atom is 0.416 e. The normalized spacial score (nSPS) is 23.0. The Hall–Kier alpha value is -0.950. The van der Waals surface area contributed by atoms with Crippen molar-refractivity contribution in [2.45, 2.75) is 36.7 Å². The molecule has 0 amide bonds. The van der Waals surface area contributed by atoms with E-state index in [0.717, 1.165) is 36.9 Å². The number of nitrogens with one attached hydrogen (secondary N) is 1. The van der Waals surface area contributed by atoms with Crippen LogP contribution in [0.3, 0.4) is 0 Å². The molecule has 0 saturated heterocycles. The van der Waals surface area contributed by atoms with Gasteiger partial charge < -0.3 is 9.55 Å². The van der Waals surface area contributed by atoms with Gasteiger partial charge in [-0.15, -0.1) is 0 Å². The van der Waals surface area contributed by atoms with Crippen molar-refractivity contribution in [2.75, 3.05) is 6.26 Å². The number of H-pyrrole nitrogens is 1. The van der Waals surface area contributed by atoms with Crippen LogP contribution >= 0.6 is 24.0 Å². The highest BCUT2D eigenvalue weighted by molar-refractivity contribution is 7.99. The Morgan fingerprint density at radius 2 is 2.10 bits per heavy atom. The number of imidazole rings is 1. The molecule has 114 valence electrons. The molecule has 0 spiro atoms. The summed E-state index contributed by atoms with van der Waals surface area (Å²) in [6.45, 7) is 0. The predicted molar refractivity (Wildman–Crippen MR) is 82.3 cm³/mol. The van der Waals surface area contributed by atoms with Crippen LogP contribution in [0.15, 0.2) is 18.2 Å². The zero-order valence-electron chi connectivity index (χ0n) is 11.4. The summed E-state index contributed by atoms with van der Waals surface area (Å²) >= 11 is 7.15. The standard InChI is InChI=1S/C14H15F3N2S2/c1-21-12-4-2-3-11(12)19-10-6-5-8(14(15,16)17)7-9(10)18-13(19)20/h5-7,11-12H,2-4H2,1H3,(H,18,20). The molecule has 1 saturated carbocycles. The van der Waals surface area contributed by atoms with Crippen LogP contribution in [0.2, 0.25) is 0 Å². The third kappa shape index (κ3) is 2.61. The van der Waals surface area contributed by atoms with Crippen molar-refractivity contribution in [1.82, 2.24) is 9.55 Å². The molecule has 3 rings (SSSR count). The van der Waals surface area contributed by atoms with Gasteiger partial charge in [0.25, 0.3) is 0 Å². The Morgan fingerprint density at radius 3 is 2.76 bits per heavy atom. The van der Waals surface area contributed by atoms with Crippen LogP contribution < -0.4 is 0 Å². The fourth-order valence-corrected chi connectivity index (χ4v) is 4.43. The van der Waals surface area contributed by atoms with Gasteiger partial charge in [0.1, 0.15) is 0 Å². The smallest absolute Gasteiger partial charge is 0.331 e. The summed E-state index contributed by atoms with van der Waals surface area (Å²) in [5, 5.41) is 0.470. The Labute approximate surface area is 129 Å². The number of halogens is 3. The molecule has 2 aromatic rings. The molecule has 0 aliphatic heterocycles. The first-order valence-corrected chi connectivity index (χ1v) is 8.45. The lowest BCUT2D eigenvalue weighted by Crippen LogP contribution is -2.15. The maximum absolute atomic E-state index is 12.8. The third-order valence-electron chi connectivity index (χ3n) is 4.10. The SMILES string of the molecule is CSC1CCCC1n1c(=S)[nH]c2cc(C(F)(F)F)ccc21. The average molecular weight is 332 g/mol. The molecule has 2 unspecified atom stereocenters. The molecule has 1 aliphatic rings. The molecule has 1 aromatic carbocycles. The van der Waals surface area contributed by atoms with Crippen molar-refractivity contribution >= 4 is 35.0 Å². The van der Waals surface area contributed by atoms with E-state index in [1.165, 1.54) is 6.07 Å². The van der Waals surface area contributed by atoms with Crippen molar-refractivity contribution < 1.29 is 13.2 Å². The van der Waals surface area contributed by atoms with Gasteiger partial charge in [-0.1, -0.05) is 6.42 Å². The van der Waals surface area contributed by atoms with E-state index >= 15 is 0 Å². The summed E-state index contributed by atoms with van der Waals surface area (Å²) in [6, 6.07) is 4.06. The molecule has 0 bridgehead atoms. The molecule has 0 radical (unpaired) electrons. The predicted octanol–water partition coefficient (Wildman–Crippen LogP) is 5.17. The van der Waals surface area contributed by atoms with E-state index in [1.807, 2.05) is 4.57 Å². The zero-order valence-corrected chi connectivity index (χ0v) is 13.0. The summed E-state index contributed by atoms with van der Waals surface area (Å²) in [6.07, 6.45) is 1.02. The van der Waals surface area contributed by atoms with Gasteiger partial charge in [-0.3, -0.25) is 0 Å². The molecule has 1 heterocycles. The fraction of sp³-hybridized carbons (Fsp3) is 0.500. The van der Waals surface area contributed by atoms with Crippen LogP contribution in [0.5, 0.6) is 0 Å². The van der Waals surface area contributed by atoms with Crippen molar-refractivity contribution in [3.05, 3.63) is 28.5 Å². The summed E-state index contributed by atoms with van der Waals surface area (Å²) in [5.41, 5.74) is 0.576. The topological polar surface area (TPSA) is 20.7 Å². The Bertz CT molecular complexity index is 717. The van der Waals surface area contributed by atoms with Gasteiger partial charge in [-0.05, 0) is 49.5 Å². The van der Waals surface area contributed by atoms with E-state index < -0.39 is 11.7 Å². The lowest BCUT2D eigenvalue weighted by atomic mass is 10.1. The number of fused-ring (bicyclic) bond motifs is 1. The number of rotatable bonds is 2. The number of alkyl halides is 3. The lowest BCUT2D eigenvalue weighted by molar-refractivity contribution is -0.137. The summed E-state index contributed by atoms with van der Waals surface area (Å²) < 4.78 is 40.9. The van der Waals surface area contributed by atoms with E-state index in [1.54, 1.807) is 11.8 Å². The Balaban J connectivity index is 2.12. The van der Waals surface area contributed by atoms with Gasteiger partial charge in [0.15, 0.2) is 4.77 Å². The number of thioether (sulfide) groups is 1. The first-order chi connectivity index (χ1) is 9.91. The summed E-state index contributed by atoms with van der Waals surface area (Å²) in [5.74, 6) is 0. The lowest BCUT2D eigenvalue weighted by Gasteiger charge is -2.20. The Kier molecular flexibility index (Phi) is 3.81. The van der Waals surface area contributed by atoms with Gasteiger partial charge in [-0.25, -0.2) is 0 Å². The maximum atomic E-state index is 12.8. The molecular weight excluding hydrogens is 317 g/mol. The summed E-state index contributed by atoms with van der Waals surface area (Å²) in [7, 11) is 0. The first kappa shape index (κ1) is 15.0. The minimum absolute atomic E-state index is 0.262. The van der Waals surface area contributed by atoms with Gasteiger partial charge in [0.2, 0.25) is 0 Å². The molecule has 1 N–H and O–H groups in total. The molecule has 7 heteroatoms. The highest BCUT2D eigenvalue weighted by Crippen LogP contribution is 2.40. The first-order valence-electron chi connectivity index (χ1n) is 6.76. The van der Waals surface area contributed by atoms with Crippen LogP contribution in [-0.2, 0) is 6.18 Å².